The monoisotopic (exact) mass is 297 g/mol. The quantitative estimate of drug-likeness (QED) is 0.784. The van der Waals surface area contributed by atoms with Crippen LogP contribution in [0.5, 0.6) is 0 Å². The van der Waals surface area contributed by atoms with Crippen molar-refractivity contribution in [1.29, 1.82) is 0 Å². The molecule has 0 aliphatic carbocycles. The summed E-state index contributed by atoms with van der Waals surface area (Å²) in [7, 11) is -2.76. The molecule has 0 aliphatic heterocycles. The number of alkyl halides is 3. The topological polar surface area (TPSA) is 37.4 Å². The number of sulfonamides is 1. The Kier molecular flexibility index (Phi) is 5.07. The summed E-state index contributed by atoms with van der Waals surface area (Å²) >= 11 is 5.69. The molecule has 1 rings (SSSR count). The SMILES string of the molecule is Cc1ccc(S(=O)(=O)N(C)CC(F)F)cc1CCl. The third-order valence-electron chi connectivity index (χ3n) is 2.57. The molecule has 7 heteroatoms. The highest BCUT2D eigenvalue weighted by Crippen LogP contribution is 2.20. The van der Waals surface area contributed by atoms with Gasteiger partial charge < -0.3 is 0 Å². The van der Waals surface area contributed by atoms with Crippen molar-refractivity contribution in [1.82, 2.24) is 4.31 Å². The average Bonchev–Trinajstić information content (AvgIpc) is 2.28. The Morgan fingerprint density at radius 3 is 2.50 bits per heavy atom. The number of rotatable bonds is 5. The van der Waals surface area contributed by atoms with Crippen molar-refractivity contribution >= 4 is 21.6 Å². The van der Waals surface area contributed by atoms with Crippen LogP contribution in [0.3, 0.4) is 0 Å². The second-order valence-corrected chi connectivity index (χ2v) is 6.21. The summed E-state index contributed by atoms with van der Waals surface area (Å²) in [4.78, 5) is -0.0214. The van der Waals surface area contributed by atoms with E-state index in [4.69, 9.17) is 11.6 Å². The van der Waals surface area contributed by atoms with Crippen molar-refractivity contribution in [3.8, 4) is 0 Å². The van der Waals surface area contributed by atoms with Crippen molar-refractivity contribution in [2.75, 3.05) is 13.6 Å². The Morgan fingerprint density at radius 2 is 2.00 bits per heavy atom. The van der Waals surface area contributed by atoms with Gasteiger partial charge in [0.25, 0.3) is 6.43 Å². The molecule has 102 valence electrons. The summed E-state index contributed by atoms with van der Waals surface area (Å²) in [5, 5.41) is 0. The predicted octanol–water partition coefficient (Wildman–Crippen LogP) is 2.62. The Balaban J connectivity index is 3.12. The zero-order valence-corrected chi connectivity index (χ0v) is 11.6. The lowest BCUT2D eigenvalue weighted by molar-refractivity contribution is 0.126. The molecule has 0 spiro atoms. The molecule has 0 fully saturated rings. The molecule has 0 amide bonds. The van der Waals surface area contributed by atoms with Gasteiger partial charge in [0.05, 0.1) is 11.4 Å². The predicted molar refractivity (Wildman–Crippen MR) is 66.6 cm³/mol. The van der Waals surface area contributed by atoms with Gasteiger partial charge in [-0.05, 0) is 30.2 Å². The van der Waals surface area contributed by atoms with Crippen LogP contribution >= 0.6 is 11.6 Å². The first kappa shape index (κ1) is 15.3. The van der Waals surface area contributed by atoms with E-state index in [2.05, 4.69) is 0 Å². The molecule has 1 aromatic rings. The fourth-order valence-electron chi connectivity index (χ4n) is 1.42. The Morgan fingerprint density at radius 1 is 1.39 bits per heavy atom. The lowest BCUT2D eigenvalue weighted by atomic mass is 10.1. The van der Waals surface area contributed by atoms with E-state index in [9.17, 15) is 17.2 Å². The third kappa shape index (κ3) is 3.40. The van der Waals surface area contributed by atoms with Crippen LogP contribution in [0.25, 0.3) is 0 Å². The number of nitrogens with zero attached hydrogens (tertiary/aromatic N) is 1. The van der Waals surface area contributed by atoms with Gasteiger partial charge in [-0.3, -0.25) is 0 Å². The van der Waals surface area contributed by atoms with Gasteiger partial charge in [-0.1, -0.05) is 6.07 Å². The number of halogens is 3. The lowest BCUT2D eigenvalue weighted by Crippen LogP contribution is -2.31. The number of hydrogen-bond donors (Lipinski definition) is 0. The minimum atomic E-state index is -3.89. The number of hydrogen-bond acceptors (Lipinski definition) is 2. The van der Waals surface area contributed by atoms with E-state index < -0.39 is 23.0 Å². The molecule has 0 heterocycles. The standard InChI is InChI=1S/C11H14ClF2NO2S/c1-8-3-4-10(5-9(8)6-12)18(16,17)15(2)7-11(13)14/h3-5,11H,6-7H2,1-2H3. The van der Waals surface area contributed by atoms with Crippen LogP contribution in [0.15, 0.2) is 23.1 Å². The van der Waals surface area contributed by atoms with Crippen molar-refractivity contribution in [3.63, 3.8) is 0 Å². The maximum atomic E-state index is 12.2. The minimum absolute atomic E-state index is 0.0214. The summed E-state index contributed by atoms with van der Waals surface area (Å²) in [6.07, 6.45) is -2.71. The van der Waals surface area contributed by atoms with Gasteiger partial charge in [0, 0.05) is 12.9 Å². The van der Waals surface area contributed by atoms with Gasteiger partial charge in [0.2, 0.25) is 10.0 Å². The molecule has 3 nitrogen and oxygen atoms in total. The lowest BCUT2D eigenvalue weighted by Gasteiger charge is -2.17. The maximum Gasteiger partial charge on any atom is 0.252 e. The van der Waals surface area contributed by atoms with E-state index in [1.54, 1.807) is 13.0 Å². The van der Waals surface area contributed by atoms with Crippen molar-refractivity contribution < 1.29 is 17.2 Å². The van der Waals surface area contributed by atoms with Gasteiger partial charge in [-0.15, -0.1) is 11.6 Å². The molecule has 0 N–H and O–H groups in total. The largest absolute Gasteiger partial charge is 0.252 e. The maximum absolute atomic E-state index is 12.2. The minimum Gasteiger partial charge on any atom is -0.209 e. The Labute approximate surface area is 110 Å². The second kappa shape index (κ2) is 5.95. The van der Waals surface area contributed by atoms with Gasteiger partial charge in [-0.25, -0.2) is 17.2 Å². The average molecular weight is 298 g/mol. The van der Waals surface area contributed by atoms with Crippen molar-refractivity contribution in [2.24, 2.45) is 0 Å². The van der Waals surface area contributed by atoms with E-state index in [0.717, 1.165) is 12.6 Å². The van der Waals surface area contributed by atoms with Gasteiger partial charge in [-0.2, -0.15) is 4.31 Å². The molecular formula is C11H14ClF2NO2S. The highest BCUT2D eigenvalue weighted by Gasteiger charge is 2.23. The number of aryl methyl sites for hydroxylation is 1. The summed E-state index contributed by atoms with van der Waals surface area (Å²) < 4.78 is 49.1. The zero-order valence-electron chi connectivity index (χ0n) is 10.0. The van der Waals surface area contributed by atoms with Gasteiger partial charge in [0.1, 0.15) is 0 Å². The van der Waals surface area contributed by atoms with Crippen molar-refractivity contribution in [2.45, 2.75) is 24.1 Å². The first-order valence-electron chi connectivity index (χ1n) is 5.19. The Hall–Kier alpha value is -0.720. The molecule has 0 radical (unpaired) electrons. The summed E-state index contributed by atoms with van der Waals surface area (Å²) in [6.45, 7) is 0.976. The van der Waals surface area contributed by atoms with Crippen LogP contribution in [-0.2, 0) is 15.9 Å². The summed E-state index contributed by atoms with van der Waals surface area (Å²) in [5.41, 5.74) is 1.53. The molecule has 0 saturated heterocycles. The molecule has 0 unspecified atom stereocenters. The number of benzene rings is 1. The fourth-order valence-corrected chi connectivity index (χ4v) is 2.91. The molecule has 0 atom stereocenters. The highest BCUT2D eigenvalue weighted by atomic mass is 35.5. The first-order valence-corrected chi connectivity index (χ1v) is 7.16. The van der Waals surface area contributed by atoms with E-state index in [1.807, 2.05) is 0 Å². The molecular weight excluding hydrogens is 284 g/mol. The van der Waals surface area contributed by atoms with Crippen molar-refractivity contribution in [3.05, 3.63) is 29.3 Å². The molecule has 1 aromatic carbocycles. The third-order valence-corrected chi connectivity index (χ3v) is 4.68. The van der Waals surface area contributed by atoms with Gasteiger partial charge >= 0.3 is 0 Å². The van der Waals surface area contributed by atoms with Crippen LogP contribution in [0.2, 0.25) is 0 Å². The molecule has 18 heavy (non-hydrogen) atoms. The molecule has 0 bridgehead atoms. The highest BCUT2D eigenvalue weighted by molar-refractivity contribution is 7.89. The summed E-state index contributed by atoms with van der Waals surface area (Å²) in [5.74, 6) is 0.174. The fraction of sp³-hybridized carbons (Fsp3) is 0.455. The van der Waals surface area contributed by atoms with Crippen LogP contribution < -0.4 is 0 Å². The van der Waals surface area contributed by atoms with E-state index in [-0.39, 0.29) is 10.8 Å². The van der Waals surface area contributed by atoms with Crippen LogP contribution in [0.4, 0.5) is 8.78 Å². The van der Waals surface area contributed by atoms with E-state index in [0.29, 0.717) is 9.87 Å². The Bertz CT molecular complexity index is 520. The van der Waals surface area contributed by atoms with Crippen LogP contribution in [0.1, 0.15) is 11.1 Å². The first-order chi connectivity index (χ1) is 8.28. The van der Waals surface area contributed by atoms with Crippen LogP contribution in [0, 0.1) is 6.92 Å². The second-order valence-electron chi connectivity index (χ2n) is 3.90. The smallest absolute Gasteiger partial charge is 0.209 e. The van der Waals surface area contributed by atoms with Crippen LogP contribution in [-0.4, -0.2) is 32.7 Å². The van der Waals surface area contributed by atoms with E-state index in [1.165, 1.54) is 12.1 Å². The molecule has 0 aromatic heterocycles. The normalized spacial score (nSPS) is 12.4. The summed E-state index contributed by atoms with van der Waals surface area (Å²) in [6, 6.07) is 4.42. The van der Waals surface area contributed by atoms with Gasteiger partial charge in [0.15, 0.2) is 0 Å². The molecule has 0 aliphatic rings. The molecule has 0 saturated carbocycles. The zero-order chi connectivity index (χ0) is 13.9. The van der Waals surface area contributed by atoms with E-state index >= 15 is 0 Å².